The van der Waals surface area contributed by atoms with Gasteiger partial charge in [-0.25, -0.2) is 9.97 Å². The number of amidine groups is 1. The van der Waals surface area contributed by atoms with Gasteiger partial charge in [0.2, 0.25) is 5.88 Å². The first-order valence-electron chi connectivity index (χ1n) is 6.12. The van der Waals surface area contributed by atoms with Gasteiger partial charge in [0.05, 0.1) is 12.4 Å². The lowest BCUT2D eigenvalue weighted by Crippen LogP contribution is -2.13. The maximum Gasteiger partial charge on any atom is 0.237 e. The first-order chi connectivity index (χ1) is 9.19. The summed E-state index contributed by atoms with van der Waals surface area (Å²) >= 11 is 0. The molecule has 19 heavy (non-hydrogen) atoms. The third-order valence-electron chi connectivity index (χ3n) is 2.59. The summed E-state index contributed by atoms with van der Waals surface area (Å²) in [6.45, 7) is 2.15. The standard InChI is InChI=1S/C14H16N4O/c1-2-3-10-4-6-11(7-5-10)19-13-9-17-12(8-18-13)14(15)16/h4-9H,2-3H2,1H3,(H3,15,16). The Hall–Kier alpha value is -2.43. The van der Waals surface area contributed by atoms with Crippen LogP contribution in [0.1, 0.15) is 24.6 Å². The minimum Gasteiger partial charge on any atom is -0.438 e. The van der Waals surface area contributed by atoms with E-state index in [4.69, 9.17) is 15.9 Å². The molecule has 1 aromatic heterocycles. The molecule has 0 spiro atoms. The molecule has 0 aliphatic carbocycles. The average molecular weight is 256 g/mol. The molecule has 2 aromatic rings. The molecule has 2 rings (SSSR count). The lowest BCUT2D eigenvalue weighted by atomic mass is 10.1. The highest BCUT2D eigenvalue weighted by molar-refractivity contribution is 5.92. The number of hydrogen-bond donors (Lipinski definition) is 2. The molecule has 1 heterocycles. The maximum absolute atomic E-state index is 7.22. The second-order valence-electron chi connectivity index (χ2n) is 4.15. The molecular formula is C14H16N4O. The van der Waals surface area contributed by atoms with Gasteiger partial charge in [-0.2, -0.15) is 0 Å². The summed E-state index contributed by atoms with van der Waals surface area (Å²) in [5.41, 5.74) is 6.93. The summed E-state index contributed by atoms with van der Waals surface area (Å²) < 4.78 is 5.56. The second kappa shape index (κ2) is 5.95. The highest BCUT2D eigenvalue weighted by Gasteiger charge is 2.02. The van der Waals surface area contributed by atoms with E-state index in [9.17, 15) is 0 Å². The number of hydrogen-bond acceptors (Lipinski definition) is 4. The quantitative estimate of drug-likeness (QED) is 0.635. The minimum absolute atomic E-state index is 0.108. The SMILES string of the molecule is CCCc1ccc(Oc2cnc(C(=N)N)cn2)cc1. The summed E-state index contributed by atoms with van der Waals surface area (Å²) in [5, 5.41) is 7.22. The third-order valence-corrected chi connectivity index (χ3v) is 2.59. The predicted molar refractivity (Wildman–Crippen MR) is 73.6 cm³/mol. The third kappa shape index (κ3) is 3.51. The van der Waals surface area contributed by atoms with Crippen LogP contribution in [-0.4, -0.2) is 15.8 Å². The largest absolute Gasteiger partial charge is 0.438 e. The summed E-state index contributed by atoms with van der Waals surface area (Å²) in [6.07, 6.45) is 5.06. The summed E-state index contributed by atoms with van der Waals surface area (Å²) in [4.78, 5) is 8.03. The lowest BCUT2D eigenvalue weighted by Gasteiger charge is -2.05. The van der Waals surface area contributed by atoms with Gasteiger partial charge in [-0.15, -0.1) is 0 Å². The maximum atomic E-state index is 7.22. The van der Waals surface area contributed by atoms with E-state index in [-0.39, 0.29) is 5.84 Å². The zero-order chi connectivity index (χ0) is 13.7. The van der Waals surface area contributed by atoms with Crippen LogP contribution in [0.2, 0.25) is 0 Å². The molecule has 3 N–H and O–H groups in total. The van der Waals surface area contributed by atoms with Crippen molar-refractivity contribution in [1.29, 1.82) is 5.41 Å². The van der Waals surface area contributed by atoms with Gasteiger partial charge in [-0.3, -0.25) is 5.41 Å². The van der Waals surface area contributed by atoms with Gasteiger partial charge in [0.1, 0.15) is 17.3 Å². The number of aromatic nitrogens is 2. The Kier molecular flexibility index (Phi) is 4.07. The van der Waals surface area contributed by atoms with Crippen molar-refractivity contribution in [3.05, 3.63) is 47.9 Å². The van der Waals surface area contributed by atoms with E-state index < -0.39 is 0 Å². The van der Waals surface area contributed by atoms with Gasteiger partial charge in [-0.05, 0) is 24.1 Å². The van der Waals surface area contributed by atoms with E-state index in [1.807, 2.05) is 24.3 Å². The molecule has 0 atom stereocenters. The Balaban J connectivity index is 2.06. The van der Waals surface area contributed by atoms with E-state index in [0.717, 1.165) is 12.8 Å². The average Bonchev–Trinajstić information content (AvgIpc) is 2.42. The normalized spacial score (nSPS) is 10.2. The predicted octanol–water partition coefficient (Wildman–Crippen LogP) is 2.51. The van der Waals surface area contributed by atoms with Crippen molar-refractivity contribution in [3.8, 4) is 11.6 Å². The number of nitrogens with one attached hydrogen (secondary N) is 1. The van der Waals surface area contributed by atoms with Gasteiger partial charge in [0.15, 0.2) is 0 Å². The highest BCUT2D eigenvalue weighted by Crippen LogP contribution is 2.19. The van der Waals surface area contributed by atoms with Crippen molar-refractivity contribution in [2.45, 2.75) is 19.8 Å². The molecule has 0 saturated heterocycles. The number of nitrogen functional groups attached to an aromatic ring is 1. The Morgan fingerprint density at radius 3 is 2.47 bits per heavy atom. The van der Waals surface area contributed by atoms with Crippen LogP contribution in [0.3, 0.4) is 0 Å². The van der Waals surface area contributed by atoms with Gasteiger partial charge in [0, 0.05) is 0 Å². The van der Waals surface area contributed by atoms with Crippen molar-refractivity contribution in [1.82, 2.24) is 9.97 Å². The summed E-state index contributed by atoms with van der Waals surface area (Å²) in [5.74, 6) is 0.987. The molecule has 0 aliphatic rings. The highest BCUT2D eigenvalue weighted by atomic mass is 16.5. The van der Waals surface area contributed by atoms with Crippen LogP contribution in [0.15, 0.2) is 36.7 Å². The Labute approximate surface area is 112 Å². The van der Waals surface area contributed by atoms with Crippen molar-refractivity contribution >= 4 is 5.84 Å². The van der Waals surface area contributed by atoms with Crippen molar-refractivity contribution in [3.63, 3.8) is 0 Å². The molecule has 5 nitrogen and oxygen atoms in total. The van der Waals surface area contributed by atoms with Gasteiger partial charge >= 0.3 is 0 Å². The van der Waals surface area contributed by atoms with Crippen LogP contribution in [0.5, 0.6) is 11.6 Å². The van der Waals surface area contributed by atoms with Crippen LogP contribution in [0.25, 0.3) is 0 Å². The molecule has 0 saturated carbocycles. The van der Waals surface area contributed by atoms with Crippen molar-refractivity contribution in [2.75, 3.05) is 0 Å². The molecule has 0 fully saturated rings. The van der Waals surface area contributed by atoms with E-state index in [2.05, 4.69) is 16.9 Å². The number of aryl methyl sites for hydroxylation is 1. The molecule has 0 aliphatic heterocycles. The molecule has 1 aromatic carbocycles. The Morgan fingerprint density at radius 1 is 1.21 bits per heavy atom. The lowest BCUT2D eigenvalue weighted by molar-refractivity contribution is 0.460. The van der Waals surface area contributed by atoms with Crippen molar-refractivity contribution in [2.24, 2.45) is 5.73 Å². The molecule has 0 amide bonds. The molecule has 0 radical (unpaired) electrons. The van der Waals surface area contributed by atoms with Crippen molar-refractivity contribution < 1.29 is 4.74 Å². The minimum atomic E-state index is -0.108. The van der Waals surface area contributed by atoms with Crippen LogP contribution in [-0.2, 0) is 6.42 Å². The van der Waals surface area contributed by atoms with Gasteiger partial charge < -0.3 is 10.5 Å². The zero-order valence-corrected chi connectivity index (χ0v) is 10.8. The van der Waals surface area contributed by atoms with E-state index >= 15 is 0 Å². The van der Waals surface area contributed by atoms with Crippen LogP contribution < -0.4 is 10.5 Å². The van der Waals surface area contributed by atoms with E-state index in [1.165, 1.54) is 18.0 Å². The molecular weight excluding hydrogens is 240 g/mol. The van der Waals surface area contributed by atoms with Gasteiger partial charge in [-0.1, -0.05) is 25.5 Å². The molecule has 0 unspecified atom stereocenters. The second-order valence-corrected chi connectivity index (χ2v) is 4.15. The smallest absolute Gasteiger partial charge is 0.237 e. The number of benzene rings is 1. The molecule has 98 valence electrons. The fourth-order valence-electron chi connectivity index (χ4n) is 1.64. The topological polar surface area (TPSA) is 84.9 Å². The fraction of sp³-hybridized carbons (Fsp3) is 0.214. The number of nitrogens with two attached hydrogens (primary N) is 1. The number of nitrogens with zero attached hydrogens (tertiary/aromatic N) is 2. The first kappa shape index (κ1) is 13.0. The zero-order valence-electron chi connectivity index (χ0n) is 10.8. The van der Waals surface area contributed by atoms with E-state index in [1.54, 1.807) is 0 Å². The van der Waals surface area contributed by atoms with Crippen LogP contribution in [0, 0.1) is 5.41 Å². The van der Waals surface area contributed by atoms with E-state index in [0.29, 0.717) is 17.3 Å². The monoisotopic (exact) mass is 256 g/mol. The fourth-order valence-corrected chi connectivity index (χ4v) is 1.64. The molecule has 0 bridgehead atoms. The summed E-state index contributed by atoms with van der Waals surface area (Å²) in [7, 11) is 0. The van der Waals surface area contributed by atoms with Crippen LogP contribution >= 0.6 is 0 Å². The summed E-state index contributed by atoms with van der Waals surface area (Å²) in [6, 6.07) is 7.89. The van der Waals surface area contributed by atoms with Gasteiger partial charge in [0.25, 0.3) is 0 Å². The first-order valence-corrected chi connectivity index (χ1v) is 6.12. The molecule has 5 heteroatoms. The Bertz CT molecular complexity index is 549. The number of rotatable bonds is 5. The van der Waals surface area contributed by atoms with Crippen LogP contribution in [0.4, 0.5) is 0 Å². The Morgan fingerprint density at radius 2 is 1.95 bits per heavy atom. The number of ether oxygens (including phenoxy) is 1.